The lowest BCUT2D eigenvalue weighted by Gasteiger charge is -2.29. The number of benzene rings is 2. The number of nitrogens with one attached hydrogen (secondary N) is 1. The van der Waals surface area contributed by atoms with Gasteiger partial charge in [0.2, 0.25) is 10.0 Å². The first kappa shape index (κ1) is 47.0. The number of allylic oxidation sites excluding steroid dienone is 6. The number of hydrogen-bond acceptors (Lipinski definition) is 6. The van der Waals surface area contributed by atoms with Gasteiger partial charge in [-0.25, -0.2) is 8.42 Å². The molecule has 0 spiro atoms. The SMILES string of the molecule is C/C=C\C.C/C=C\C(=C/CC)CCCC(C)(C)NCC(O)CN(C)S(=O)(=O)c1ccc(-c2ccc(CCC(=O)O)cc2Cl)cc1CC.PS. The Bertz CT molecular complexity index is 1470. The zero-order valence-corrected chi connectivity index (χ0v) is 34.3. The predicted octanol–water partition coefficient (Wildman–Crippen LogP) is 9.31. The summed E-state index contributed by atoms with van der Waals surface area (Å²) in [6.45, 7) is 14.5. The van der Waals surface area contributed by atoms with E-state index in [0.717, 1.165) is 42.4 Å². The van der Waals surface area contributed by atoms with E-state index < -0.39 is 22.1 Å². The van der Waals surface area contributed by atoms with Crippen LogP contribution < -0.4 is 5.32 Å². The van der Waals surface area contributed by atoms with E-state index in [1.165, 1.54) is 16.9 Å². The van der Waals surface area contributed by atoms with Gasteiger partial charge in [0.25, 0.3) is 0 Å². The molecule has 0 bridgehead atoms. The van der Waals surface area contributed by atoms with Crippen LogP contribution in [0.15, 0.2) is 77.2 Å². The van der Waals surface area contributed by atoms with Crippen LogP contribution in [0.5, 0.6) is 0 Å². The Hall–Kier alpha value is -1.97. The summed E-state index contributed by atoms with van der Waals surface area (Å²) >= 11 is 9.97. The highest BCUT2D eigenvalue weighted by Crippen LogP contribution is 2.32. The fourth-order valence-corrected chi connectivity index (χ4v) is 6.84. The minimum absolute atomic E-state index is 0.0209. The molecule has 0 fully saturated rings. The van der Waals surface area contributed by atoms with Gasteiger partial charge >= 0.3 is 5.97 Å². The van der Waals surface area contributed by atoms with Crippen molar-refractivity contribution in [2.75, 3.05) is 20.1 Å². The number of carboxylic acids is 1. The molecule has 0 aliphatic rings. The number of carboxylic acid groups (broad SMARTS) is 1. The Morgan fingerprint density at radius 3 is 2.24 bits per heavy atom. The average molecular weight is 755 g/mol. The summed E-state index contributed by atoms with van der Waals surface area (Å²) in [6.07, 6.45) is 14.4. The van der Waals surface area contributed by atoms with E-state index in [0.29, 0.717) is 23.4 Å². The summed E-state index contributed by atoms with van der Waals surface area (Å²) < 4.78 is 28.3. The molecule has 0 aliphatic carbocycles. The lowest BCUT2D eigenvalue weighted by atomic mass is 9.95. The number of sulfonamides is 1. The molecule has 0 saturated heterocycles. The number of aryl methyl sites for hydroxylation is 2. The summed E-state index contributed by atoms with van der Waals surface area (Å²) in [5, 5.41) is 23.6. The Balaban J connectivity index is 0.00000356. The largest absolute Gasteiger partial charge is 0.481 e. The molecule has 0 aromatic heterocycles. The van der Waals surface area contributed by atoms with E-state index in [1.54, 1.807) is 18.2 Å². The first-order chi connectivity index (χ1) is 23.1. The van der Waals surface area contributed by atoms with Crippen LogP contribution in [0.4, 0.5) is 0 Å². The van der Waals surface area contributed by atoms with Gasteiger partial charge in [0, 0.05) is 42.7 Å². The Labute approximate surface area is 309 Å². The van der Waals surface area contributed by atoms with Crippen molar-refractivity contribution in [1.29, 1.82) is 0 Å². The molecule has 0 heterocycles. The van der Waals surface area contributed by atoms with Crippen molar-refractivity contribution in [2.24, 2.45) is 0 Å². The highest BCUT2D eigenvalue weighted by Gasteiger charge is 2.27. The quantitative estimate of drug-likeness (QED) is 0.0523. The van der Waals surface area contributed by atoms with Crippen molar-refractivity contribution in [1.82, 2.24) is 9.62 Å². The number of nitrogens with zero attached hydrogens (tertiary/aromatic N) is 1. The van der Waals surface area contributed by atoms with Crippen molar-refractivity contribution >= 4 is 48.3 Å². The molecule has 276 valence electrons. The van der Waals surface area contributed by atoms with E-state index in [9.17, 15) is 18.3 Å². The molecule has 3 N–H and O–H groups in total. The Morgan fingerprint density at radius 2 is 1.71 bits per heavy atom. The molecule has 0 radical (unpaired) electrons. The fourth-order valence-electron chi connectivity index (χ4n) is 5.05. The molecule has 0 saturated carbocycles. The van der Waals surface area contributed by atoms with E-state index in [4.69, 9.17) is 16.7 Å². The first-order valence-electron chi connectivity index (χ1n) is 16.8. The van der Waals surface area contributed by atoms with E-state index >= 15 is 0 Å². The number of likely N-dealkylation sites (N-methyl/N-ethyl adjacent to an activating group) is 1. The van der Waals surface area contributed by atoms with Crippen LogP contribution >= 0.6 is 32.3 Å². The third-order valence-corrected chi connectivity index (χ3v) is 10.1. The molecule has 2 aromatic rings. The number of halogens is 1. The molecule has 2 rings (SSSR count). The van der Waals surface area contributed by atoms with Crippen molar-refractivity contribution in [3.05, 3.63) is 88.5 Å². The van der Waals surface area contributed by atoms with E-state index in [1.807, 2.05) is 58.0 Å². The summed E-state index contributed by atoms with van der Waals surface area (Å²) in [5.74, 6) is -0.868. The maximum absolute atomic E-state index is 13.6. The summed E-state index contributed by atoms with van der Waals surface area (Å²) in [6, 6.07) is 10.6. The highest BCUT2D eigenvalue weighted by atomic mass is 35.5. The minimum atomic E-state index is -3.85. The van der Waals surface area contributed by atoms with Crippen molar-refractivity contribution in [3.8, 4) is 11.1 Å². The lowest BCUT2D eigenvalue weighted by molar-refractivity contribution is -0.136. The van der Waals surface area contributed by atoms with Crippen molar-refractivity contribution < 1.29 is 23.4 Å². The first-order valence-corrected chi connectivity index (χ1v) is 20.7. The fraction of sp³-hybridized carbons (Fsp3) is 0.500. The second-order valence-electron chi connectivity index (χ2n) is 12.3. The van der Waals surface area contributed by atoms with E-state index in [-0.39, 0.29) is 29.9 Å². The molecule has 7 nitrogen and oxygen atoms in total. The third kappa shape index (κ3) is 17.7. The van der Waals surface area contributed by atoms with Gasteiger partial charge < -0.3 is 15.5 Å². The number of carbonyl (C=O) groups is 1. The topological polar surface area (TPSA) is 107 Å². The zero-order valence-electron chi connectivity index (χ0n) is 30.7. The summed E-state index contributed by atoms with van der Waals surface area (Å²) in [4.78, 5) is 11.1. The molecule has 49 heavy (non-hydrogen) atoms. The van der Waals surface area contributed by atoms with E-state index in [2.05, 4.69) is 65.0 Å². The van der Waals surface area contributed by atoms with Crippen LogP contribution in [0.25, 0.3) is 11.1 Å². The number of aliphatic hydroxyl groups is 1. The number of rotatable bonds is 18. The molecule has 11 heteroatoms. The van der Waals surface area contributed by atoms with Gasteiger partial charge in [-0.1, -0.05) is 88.0 Å². The standard InChI is InChI=1S/C34H49ClN2O5S.C4H8.H3PS/c1-7-11-25(12-8-2)13-10-20-34(4,5)36-23-29(38)24-37(6)43(41,42)32-18-16-28(22-27(32)9-3)30-17-14-26(21-31(30)35)15-19-33(39)40;1-3-4-2;1-2/h7,11-12,14,16-18,21-22,29,36,38H,8-10,13,15,19-20,23-24H2,1-6H3,(H,39,40);3-4H,1-2H3;2H,1H2/b11-7-,25-12+;4-3-;. The number of aliphatic carboxylic acids is 1. The molecule has 2 atom stereocenters. The lowest BCUT2D eigenvalue weighted by Crippen LogP contribution is -2.46. The number of aliphatic hydroxyl groups excluding tert-OH is 1. The molecular weight excluding hydrogens is 695 g/mol. The average Bonchev–Trinajstić information content (AvgIpc) is 3.07. The van der Waals surface area contributed by atoms with Crippen LogP contribution in [0.2, 0.25) is 5.02 Å². The number of β-amino-alcohol motifs (C(OH)–C–C–N with tert-alkyl or cyclic N) is 1. The Morgan fingerprint density at radius 1 is 1.06 bits per heavy atom. The molecule has 2 aromatic carbocycles. The van der Waals surface area contributed by atoms with Gasteiger partial charge in [0.05, 0.1) is 11.0 Å². The molecular formula is C38H60ClN2O5PS2. The summed E-state index contributed by atoms with van der Waals surface area (Å²) in [5.41, 5.74) is 4.14. The normalized spacial score (nSPS) is 12.9. The maximum atomic E-state index is 13.6. The highest BCUT2D eigenvalue weighted by molar-refractivity contribution is 8.31. The second kappa shape index (κ2) is 25.1. The molecule has 0 amide bonds. The van der Waals surface area contributed by atoms with Gasteiger partial charge in [0.15, 0.2) is 0 Å². The van der Waals surface area contributed by atoms with Crippen LogP contribution in [-0.2, 0) is 27.7 Å². The molecule has 2 unspecified atom stereocenters. The van der Waals surface area contributed by atoms with Crippen LogP contribution in [0.1, 0.15) is 91.7 Å². The van der Waals surface area contributed by atoms with Crippen LogP contribution in [0.3, 0.4) is 0 Å². The van der Waals surface area contributed by atoms with Gasteiger partial charge in [-0.2, -0.15) is 16.6 Å². The maximum Gasteiger partial charge on any atom is 0.303 e. The molecule has 0 aliphatic heterocycles. The summed E-state index contributed by atoms with van der Waals surface area (Å²) in [7, 11) is -0.249. The van der Waals surface area contributed by atoms with Crippen LogP contribution in [-0.4, -0.2) is 60.7 Å². The Kier molecular flexibility index (Phi) is 24.1. The second-order valence-corrected chi connectivity index (χ2v) is 14.7. The van der Waals surface area contributed by atoms with Gasteiger partial charge in [0.1, 0.15) is 0 Å². The number of hydrogen-bond donors (Lipinski definition) is 4. The van der Waals surface area contributed by atoms with Gasteiger partial charge in [-0.05, 0) is 108 Å². The van der Waals surface area contributed by atoms with Gasteiger partial charge in [-0.15, -0.1) is 0 Å². The smallest absolute Gasteiger partial charge is 0.303 e. The van der Waals surface area contributed by atoms with Crippen molar-refractivity contribution in [3.63, 3.8) is 0 Å². The van der Waals surface area contributed by atoms with Crippen LogP contribution in [0, 0.1) is 0 Å². The van der Waals surface area contributed by atoms with Gasteiger partial charge in [-0.3, -0.25) is 4.79 Å². The number of thiol groups is 1. The predicted molar refractivity (Wildman–Crippen MR) is 216 cm³/mol. The minimum Gasteiger partial charge on any atom is -0.481 e. The monoisotopic (exact) mass is 754 g/mol. The van der Waals surface area contributed by atoms with Crippen molar-refractivity contribution in [2.45, 2.75) is 110 Å². The third-order valence-electron chi connectivity index (χ3n) is 7.83. The zero-order chi connectivity index (χ0) is 37.6.